The van der Waals surface area contributed by atoms with Gasteiger partial charge in [0.05, 0.1) is 6.04 Å². The van der Waals surface area contributed by atoms with E-state index in [-0.39, 0.29) is 11.8 Å². The number of allylic oxidation sites excluding steroid dienone is 1. The van der Waals surface area contributed by atoms with Crippen LogP contribution in [-0.2, 0) is 16.0 Å². The molecule has 2 aromatic carbocycles. The maximum Gasteiger partial charge on any atom is 0.454 e. The number of ketones is 1. The second kappa shape index (κ2) is 10.6. The Morgan fingerprint density at radius 2 is 1.76 bits per heavy atom. The lowest BCUT2D eigenvalue weighted by molar-refractivity contribution is -0.165. The molecule has 0 bridgehead atoms. The first kappa shape index (κ1) is 24.5. The van der Waals surface area contributed by atoms with Crippen LogP contribution in [0.2, 0.25) is 0 Å². The van der Waals surface area contributed by atoms with E-state index >= 15 is 0 Å². The number of nitrogens with one attached hydrogen (secondary N) is 1. The molecule has 0 aliphatic carbocycles. The normalized spacial score (nSPS) is 16.1. The molecule has 33 heavy (non-hydrogen) atoms. The number of carbonyl (C=O) groups excluding carboxylic acids is 2. The highest BCUT2D eigenvalue weighted by atomic mass is 19.4. The zero-order chi connectivity index (χ0) is 24.0. The molecule has 1 aliphatic heterocycles. The molecule has 1 saturated heterocycles. The monoisotopic (exact) mass is 462 g/mol. The smallest absolute Gasteiger partial charge is 0.377 e. The molecule has 1 atom stereocenters. The predicted molar refractivity (Wildman–Crippen MR) is 117 cm³/mol. The molecule has 3 rings (SSSR count). The average molecular weight is 462 g/mol. The second-order valence-corrected chi connectivity index (χ2v) is 8.08. The topological polar surface area (TPSA) is 49.4 Å². The highest BCUT2D eigenvalue weighted by molar-refractivity contribution is 5.94. The highest BCUT2D eigenvalue weighted by Crippen LogP contribution is 2.26. The maximum atomic E-state index is 13.9. The third kappa shape index (κ3) is 6.66. The summed E-state index contributed by atoms with van der Waals surface area (Å²) >= 11 is 0. The number of carbonyl (C=O) groups is 2. The van der Waals surface area contributed by atoms with Gasteiger partial charge in [0, 0.05) is 31.3 Å². The molecular weight excluding hydrogens is 436 g/mol. The van der Waals surface area contributed by atoms with E-state index in [9.17, 15) is 27.2 Å². The van der Waals surface area contributed by atoms with Crippen molar-refractivity contribution in [3.63, 3.8) is 0 Å². The fourth-order valence-corrected chi connectivity index (χ4v) is 3.83. The largest absolute Gasteiger partial charge is 0.454 e. The summed E-state index contributed by atoms with van der Waals surface area (Å²) in [4.78, 5) is 25.6. The fraction of sp³-hybridized carbons (Fsp3) is 0.360. The van der Waals surface area contributed by atoms with E-state index in [1.165, 1.54) is 12.1 Å². The molecule has 0 spiro atoms. The molecule has 0 saturated carbocycles. The third-order valence-electron chi connectivity index (χ3n) is 5.81. The van der Waals surface area contributed by atoms with Gasteiger partial charge in [0.1, 0.15) is 5.82 Å². The SMILES string of the molecule is CCc1ccc(C(NC(=O)C2CCN(/C=C/C(=O)C(F)(F)F)CC2)c2cccc(F)c2)cc1. The number of benzene rings is 2. The Labute approximate surface area is 190 Å². The Morgan fingerprint density at radius 1 is 1.09 bits per heavy atom. The third-order valence-corrected chi connectivity index (χ3v) is 5.81. The molecule has 2 aromatic rings. The van der Waals surface area contributed by atoms with Crippen LogP contribution in [0.3, 0.4) is 0 Å². The number of aryl methyl sites for hydroxylation is 1. The minimum absolute atomic E-state index is 0.196. The van der Waals surface area contributed by atoms with Gasteiger partial charge in [-0.3, -0.25) is 9.59 Å². The number of rotatable bonds is 7. The molecule has 8 heteroatoms. The average Bonchev–Trinajstić information content (AvgIpc) is 2.80. The lowest BCUT2D eigenvalue weighted by atomic mass is 9.93. The zero-order valence-corrected chi connectivity index (χ0v) is 18.2. The van der Waals surface area contributed by atoms with Crippen LogP contribution < -0.4 is 5.32 Å². The van der Waals surface area contributed by atoms with Crippen molar-refractivity contribution >= 4 is 11.7 Å². The first-order chi connectivity index (χ1) is 15.7. The fourth-order valence-electron chi connectivity index (χ4n) is 3.83. The van der Waals surface area contributed by atoms with Crippen LogP contribution in [0, 0.1) is 11.7 Å². The highest BCUT2D eigenvalue weighted by Gasteiger charge is 2.36. The van der Waals surface area contributed by atoms with E-state index in [4.69, 9.17) is 0 Å². The number of likely N-dealkylation sites (tertiary alicyclic amines) is 1. The Hall–Kier alpha value is -3.16. The van der Waals surface area contributed by atoms with Gasteiger partial charge >= 0.3 is 6.18 Å². The van der Waals surface area contributed by atoms with Crippen molar-refractivity contribution in [1.82, 2.24) is 10.2 Å². The molecule has 1 fully saturated rings. The Morgan fingerprint density at radius 3 is 2.33 bits per heavy atom. The lowest BCUT2D eigenvalue weighted by Crippen LogP contribution is -2.40. The van der Waals surface area contributed by atoms with Gasteiger partial charge in [0.15, 0.2) is 0 Å². The minimum atomic E-state index is -4.89. The summed E-state index contributed by atoms with van der Waals surface area (Å²) in [7, 11) is 0. The molecule has 176 valence electrons. The molecule has 1 amide bonds. The Bertz CT molecular complexity index is 994. The molecule has 0 radical (unpaired) electrons. The van der Waals surface area contributed by atoms with Crippen LogP contribution >= 0.6 is 0 Å². The van der Waals surface area contributed by atoms with Gasteiger partial charge in [-0.15, -0.1) is 0 Å². The standard InChI is InChI=1S/C25H26F4N2O2/c1-2-17-6-8-18(9-7-17)23(20-4-3-5-21(26)16-20)30-24(33)19-10-13-31(14-11-19)15-12-22(32)25(27,28)29/h3-9,12,15-16,19,23H,2,10-11,13-14H2,1H3,(H,30,33)/b15-12+. The first-order valence-electron chi connectivity index (χ1n) is 10.9. The Balaban J connectivity index is 1.67. The molecular formula is C25H26F4N2O2. The zero-order valence-electron chi connectivity index (χ0n) is 18.2. The summed E-state index contributed by atoms with van der Waals surface area (Å²) in [6.07, 6.45) is -1.51. The molecule has 1 unspecified atom stereocenters. The molecule has 1 heterocycles. The number of hydrogen-bond acceptors (Lipinski definition) is 3. The van der Waals surface area contributed by atoms with E-state index in [0.29, 0.717) is 37.6 Å². The van der Waals surface area contributed by atoms with Crippen molar-refractivity contribution in [1.29, 1.82) is 0 Å². The van der Waals surface area contributed by atoms with E-state index in [2.05, 4.69) is 5.32 Å². The number of alkyl halides is 3. The number of hydrogen-bond donors (Lipinski definition) is 1. The Kier molecular flexibility index (Phi) is 7.89. The van der Waals surface area contributed by atoms with Gasteiger partial charge in [-0.2, -0.15) is 13.2 Å². The van der Waals surface area contributed by atoms with Crippen LogP contribution in [0.5, 0.6) is 0 Å². The van der Waals surface area contributed by atoms with Crippen LogP contribution in [0.25, 0.3) is 0 Å². The number of piperidine rings is 1. The molecule has 4 nitrogen and oxygen atoms in total. The van der Waals surface area contributed by atoms with E-state index < -0.39 is 23.8 Å². The van der Waals surface area contributed by atoms with Gasteiger partial charge in [0.25, 0.3) is 5.78 Å². The second-order valence-electron chi connectivity index (χ2n) is 8.08. The van der Waals surface area contributed by atoms with Gasteiger partial charge in [-0.05, 0) is 48.1 Å². The summed E-state index contributed by atoms with van der Waals surface area (Å²) in [5, 5.41) is 3.02. The summed E-state index contributed by atoms with van der Waals surface area (Å²) in [5.41, 5.74) is 2.60. The minimum Gasteiger partial charge on any atom is -0.377 e. The van der Waals surface area contributed by atoms with Crippen molar-refractivity contribution in [2.24, 2.45) is 5.92 Å². The van der Waals surface area contributed by atoms with Crippen LogP contribution in [0.15, 0.2) is 60.8 Å². The number of halogens is 4. The van der Waals surface area contributed by atoms with Crippen molar-refractivity contribution in [3.05, 3.63) is 83.3 Å². The van der Waals surface area contributed by atoms with Crippen molar-refractivity contribution < 1.29 is 27.2 Å². The maximum absolute atomic E-state index is 13.9. The molecule has 1 N–H and O–H groups in total. The summed E-state index contributed by atoms with van der Waals surface area (Å²) in [6.45, 7) is 2.76. The number of nitrogens with zero attached hydrogens (tertiary/aromatic N) is 1. The summed E-state index contributed by atoms with van der Waals surface area (Å²) in [6, 6.07) is 13.3. The van der Waals surface area contributed by atoms with Crippen molar-refractivity contribution in [2.45, 2.75) is 38.4 Å². The van der Waals surface area contributed by atoms with Crippen LogP contribution in [-0.4, -0.2) is 35.9 Å². The van der Waals surface area contributed by atoms with Crippen molar-refractivity contribution in [3.8, 4) is 0 Å². The summed E-state index contributed by atoms with van der Waals surface area (Å²) in [5.74, 6) is -2.84. The van der Waals surface area contributed by atoms with Gasteiger partial charge in [-0.25, -0.2) is 4.39 Å². The number of amides is 1. The van der Waals surface area contributed by atoms with Gasteiger partial charge in [-0.1, -0.05) is 43.3 Å². The first-order valence-corrected chi connectivity index (χ1v) is 10.9. The van der Waals surface area contributed by atoms with Crippen LogP contribution in [0.4, 0.5) is 17.6 Å². The van der Waals surface area contributed by atoms with E-state index in [0.717, 1.165) is 23.7 Å². The van der Waals surface area contributed by atoms with E-state index in [1.54, 1.807) is 17.0 Å². The quantitative estimate of drug-likeness (QED) is 0.468. The van der Waals surface area contributed by atoms with E-state index in [1.807, 2.05) is 31.2 Å². The van der Waals surface area contributed by atoms with Gasteiger partial charge in [0.2, 0.25) is 5.91 Å². The molecule has 0 aromatic heterocycles. The summed E-state index contributed by atoms with van der Waals surface area (Å²) < 4.78 is 50.9. The van der Waals surface area contributed by atoms with Crippen molar-refractivity contribution in [2.75, 3.05) is 13.1 Å². The van der Waals surface area contributed by atoms with Gasteiger partial charge < -0.3 is 10.2 Å². The predicted octanol–water partition coefficient (Wildman–Crippen LogP) is 4.95. The lowest BCUT2D eigenvalue weighted by Gasteiger charge is -2.31. The van der Waals surface area contributed by atoms with Crippen LogP contribution in [0.1, 0.15) is 42.5 Å². The molecule has 1 aliphatic rings.